The molecule has 2 aromatic carbocycles. The van der Waals surface area contributed by atoms with Gasteiger partial charge in [0, 0.05) is 25.6 Å². The summed E-state index contributed by atoms with van der Waals surface area (Å²) in [7, 11) is 1.47. The molecule has 5 heteroatoms. The van der Waals surface area contributed by atoms with Crippen molar-refractivity contribution in [3.8, 4) is 0 Å². The van der Waals surface area contributed by atoms with Crippen molar-refractivity contribution in [1.82, 2.24) is 10.2 Å². The van der Waals surface area contributed by atoms with Gasteiger partial charge in [-0.05, 0) is 30.9 Å². The molecule has 29 heavy (non-hydrogen) atoms. The molecule has 0 aromatic heterocycles. The van der Waals surface area contributed by atoms with Gasteiger partial charge in [0.15, 0.2) is 5.96 Å². The number of nitrogens with zero attached hydrogens (tertiary/aromatic N) is 2. The molecule has 0 saturated carbocycles. The summed E-state index contributed by atoms with van der Waals surface area (Å²) >= 11 is 0. The first-order valence-corrected chi connectivity index (χ1v) is 10.4. The van der Waals surface area contributed by atoms with Crippen LogP contribution in [-0.4, -0.2) is 50.1 Å². The van der Waals surface area contributed by atoms with Gasteiger partial charge in [-0.25, -0.2) is 0 Å². The van der Waals surface area contributed by atoms with E-state index in [1.807, 2.05) is 12.1 Å². The number of nitrogens with one attached hydrogen (secondary N) is 1. The summed E-state index contributed by atoms with van der Waals surface area (Å²) in [6, 6.07) is 21.1. The molecule has 0 bridgehead atoms. The van der Waals surface area contributed by atoms with E-state index in [1.54, 1.807) is 0 Å². The Labute approximate surface area is 173 Å². The third-order valence-electron chi connectivity index (χ3n) is 5.49. The summed E-state index contributed by atoms with van der Waals surface area (Å²) in [5, 5.41) is 3.43. The monoisotopic (exact) mass is 393 g/mol. The Kier molecular flexibility index (Phi) is 7.68. The number of hydrogen-bond donors (Lipinski definition) is 1. The van der Waals surface area contributed by atoms with Crippen molar-refractivity contribution in [1.29, 1.82) is 0 Å². The fourth-order valence-electron chi connectivity index (χ4n) is 3.87. The molecule has 1 N–H and O–H groups in total. The van der Waals surface area contributed by atoms with Crippen LogP contribution < -0.4 is 5.32 Å². The molecule has 0 aliphatic carbocycles. The molecule has 0 spiro atoms. The van der Waals surface area contributed by atoms with Gasteiger partial charge < -0.3 is 15.0 Å². The van der Waals surface area contributed by atoms with E-state index < -0.39 is 0 Å². The predicted octanol–water partition coefficient (Wildman–Crippen LogP) is 3.67. The lowest BCUT2D eigenvalue weighted by molar-refractivity contribution is -0.146. The molecule has 3 rings (SSSR count). The fourth-order valence-corrected chi connectivity index (χ4v) is 3.87. The van der Waals surface area contributed by atoms with Gasteiger partial charge in [-0.1, -0.05) is 60.7 Å². The van der Waals surface area contributed by atoms with Crippen LogP contribution >= 0.6 is 0 Å². The third kappa shape index (κ3) is 5.59. The second-order valence-electron chi connectivity index (χ2n) is 7.35. The van der Waals surface area contributed by atoms with Crippen LogP contribution in [0.25, 0.3) is 0 Å². The van der Waals surface area contributed by atoms with Gasteiger partial charge in [0.2, 0.25) is 0 Å². The van der Waals surface area contributed by atoms with Gasteiger partial charge >= 0.3 is 5.97 Å². The van der Waals surface area contributed by atoms with Crippen molar-refractivity contribution in [2.45, 2.75) is 25.7 Å². The number of aliphatic imine (C=N–C) groups is 1. The average Bonchev–Trinajstić information content (AvgIpc) is 2.79. The minimum Gasteiger partial charge on any atom is -0.469 e. The Balaban J connectivity index is 1.76. The standard InChI is InChI=1S/C24H31N3O2/c1-3-25-24(27-16-14-21(15-17-27)23(28)29-2)26-18-22(19-10-6-4-7-11-19)20-12-8-5-9-13-20/h4-13,21-22H,3,14-18H2,1-2H3,(H,25,26). The van der Waals surface area contributed by atoms with Crippen molar-refractivity contribution in [3.63, 3.8) is 0 Å². The molecule has 0 radical (unpaired) electrons. The van der Waals surface area contributed by atoms with E-state index in [4.69, 9.17) is 9.73 Å². The van der Waals surface area contributed by atoms with E-state index in [0.717, 1.165) is 38.4 Å². The smallest absolute Gasteiger partial charge is 0.308 e. The molecule has 1 fully saturated rings. The molecule has 0 unspecified atom stereocenters. The number of carbonyl (C=O) groups excluding carboxylic acids is 1. The molecule has 5 nitrogen and oxygen atoms in total. The Morgan fingerprint density at radius 1 is 1.07 bits per heavy atom. The van der Waals surface area contributed by atoms with Crippen LogP contribution in [0.4, 0.5) is 0 Å². The van der Waals surface area contributed by atoms with Crippen LogP contribution in [-0.2, 0) is 9.53 Å². The summed E-state index contributed by atoms with van der Waals surface area (Å²) in [5.41, 5.74) is 2.53. The summed E-state index contributed by atoms with van der Waals surface area (Å²) in [5.74, 6) is 1.03. The molecule has 1 saturated heterocycles. The molecule has 2 aromatic rings. The van der Waals surface area contributed by atoms with Crippen LogP contribution in [0.5, 0.6) is 0 Å². The van der Waals surface area contributed by atoms with E-state index in [-0.39, 0.29) is 17.8 Å². The minimum absolute atomic E-state index is 0.000475. The Morgan fingerprint density at radius 2 is 1.62 bits per heavy atom. The largest absolute Gasteiger partial charge is 0.469 e. The van der Waals surface area contributed by atoms with Crippen molar-refractivity contribution < 1.29 is 9.53 Å². The van der Waals surface area contributed by atoms with E-state index in [2.05, 4.69) is 65.7 Å². The molecule has 0 amide bonds. The zero-order chi connectivity index (χ0) is 20.5. The number of piperidine rings is 1. The van der Waals surface area contributed by atoms with Crippen LogP contribution in [0, 0.1) is 5.92 Å². The quantitative estimate of drug-likeness (QED) is 0.462. The van der Waals surface area contributed by atoms with Crippen molar-refractivity contribution >= 4 is 11.9 Å². The molecule has 1 aliphatic rings. The molecule has 0 atom stereocenters. The number of ether oxygens (including phenoxy) is 1. The normalized spacial score (nSPS) is 15.4. The van der Waals surface area contributed by atoms with E-state index in [9.17, 15) is 4.79 Å². The number of methoxy groups -OCH3 is 1. The summed E-state index contributed by atoms with van der Waals surface area (Å²) in [6.07, 6.45) is 1.61. The highest BCUT2D eigenvalue weighted by Crippen LogP contribution is 2.25. The minimum atomic E-state index is -0.0974. The second kappa shape index (κ2) is 10.6. The first kappa shape index (κ1) is 20.9. The molecule has 1 heterocycles. The highest BCUT2D eigenvalue weighted by molar-refractivity contribution is 5.80. The highest BCUT2D eigenvalue weighted by Gasteiger charge is 2.27. The average molecular weight is 394 g/mol. The predicted molar refractivity (Wildman–Crippen MR) is 117 cm³/mol. The Bertz CT molecular complexity index is 745. The maximum absolute atomic E-state index is 11.8. The molecular formula is C24H31N3O2. The Morgan fingerprint density at radius 3 is 2.10 bits per heavy atom. The van der Waals surface area contributed by atoms with Gasteiger partial charge in [0.25, 0.3) is 0 Å². The first-order chi connectivity index (χ1) is 14.2. The number of likely N-dealkylation sites (tertiary alicyclic amines) is 1. The number of rotatable bonds is 6. The number of benzene rings is 2. The van der Waals surface area contributed by atoms with Crippen molar-refractivity contribution in [3.05, 3.63) is 71.8 Å². The van der Waals surface area contributed by atoms with Crippen LogP contribution in [0.15, 0.2) is 65.7 Å². The first-order valence-electron chi connectivity index (χ1n) is 10.4. The van der Waals surface area contributed by atoms with Crippen LogP contribution in [0.3, 0.4) is 0 Å². The molecule has 154 valence electrons. The molecular weight excluding hydrogens is 362 g/mol. The summed E-state index contributed by atoms with van der Waals surface area (Å²) < 4.78 is 4.91. The van der Waals surface area contributed by atoms with E-state index in [0.29, 0.717) is 6.54 Å². The lowest BCUT2D eigenvalue weighted by Gasteiger charge is -2.33. The Hall–Kier alpha value is -2.82. The number of hydrogen-bond acceptors (Lipinski definition) is 3. The summed E-state index contributed by atoms with van der Waals surface area (Å²) in [4.78, 5) is 19.1. The zero-order valence-electron chi connectivity index (χ0n) is 17.4. The van der Waals surface area contributed by atoms with Gasteiger partial charge in [0.1, 0.15) is 0 Å². The van der Waals surface area contributed by atoms with E-state index in [1.165, 1.54) is 18.2 Å². The maximum atomic E-state index is 11.8. The number of carbonyl (C=O) groups is 1. The summed E-state index contributed by atoms with van der Waals surface area (Å²) in [6.45, 7) is 5.20. The van der Waals surface area contributed by atoms with Crippen molar-refractivity contribution in [2.24, 2.45) is 10.9 Å². The van der Waals surface area contributed by atoms with Gasteiger partial charge in [-0.2, -0.15) is 0 Å². The van der Waals surface area contributed by atoms with E-state index >= 15 is 0 Å². The van der Waals surface area contributed by atoms with Gasteiger partial charge in [-0.15, -0.1) is 0 Å². The fraction of sp³-hybridized carbons (Fsp3) is 0.417. The molecule has 1 aliphatic heterocycles. The van der Waals surface area contributed by atoms with Crippen molar-refractivity contribution in [2.75, 3.05) is 33.3 Å². The number of guanidine groups is 1. The van der Waals surface area contributed by atoms with Crippen LogP contribution in [0.1, 0.15) is 36.8 Å². The topological polar surface area (TPSA) is 53.9 Å². The SMILES string of the molecule is CCNC(=NCC(c1ccccc1)c1ccccc1)N1CCC(C(=O)OC)CC1. The van der Waals surface area contributed by atoms with Crippen LogP contribution in [0.2, 0.25) is 0 Å². The van der Waals surface area contributed by atoms with Gasteiger partial charge in [-0.3, -0.25) is 9.79 Å². The zero-order valence-corrected chi connectivity index (χ0v) is 17.4. The number of esters is 1. The lowest BCUT2D eigenvalue weighted by atomic mass is 9.91. The lowest BCUT2D eigenvalue weighted by Crippen LogP contribution is -2.46. The second-order valence-corrected chi connectivity index (χ2v) is 7.35. The highest BCUT2D eigenvalue weighted by atomic mass is 16.5. The van der Waals surface area contributed by atoms with Gasteiger partial charge in [0.05, 0.1) is 19.6 Å². The third-order valence-corrected chi connectivity index (χ3v) is 5.49. The maximum Gasteiger partial charge on any atom is 0.308 e.